The van der Waals surface area contributed by atoms with Crippen LogP contribution in [0.15, 0.2) is 18.2 Å². The van der Waals surface area contributed by atoms with Crippen molar-refractivity contribution in [3.63, 3.8) is 0 Å². The van der Waals surface area contributed by atoms with E-state index in [9.17, 15) is 0 Å². The van der Waals surface area contributed by atoms with Crippen LogP contribution in [-0.4, -0.2) is 6.61 Å². The van der Waals surface area contributed by atoms with E-state index in [-0.39, 0.29) is 5.41 Å². The van der Waals surface area contributed by atoms with Crippen molar-refractivity contribution in [2.75, 3.05) is 6.61 Å². The summed E-state index contributed by atoms with van der Waals surface area (Å²) in [4.78, 5) is 4.83. The maximum Gasteiger partial charge on any atom is 0.0776 e. The first-order valence-corrected chi connectivity index (χ1v) is 5.08. The van der Waals surface area contributed by atoms with Gasteiger partial charge in [-0.1, -0.05) is 18.2 Å². The second-order valence-electron chi connectivity index (χ2n) is 4.36. The summed E-state index contributed by atoms with van der Waals surface area (Å²) in [6.45, 7) is 4.98. The van der Waals surface area contributed by atoms with Crippen LogP contribution < -0.4 is 5.90 Å². The lowest BCUT2D eigenvalue weighted by Gasteiger charge is -2.19. The molecule has 1 fully saturated rings. The molecule has 0 aromatic heterocycles. The van der Waals surface area contributed by atoms with E-state index >= 15 is 0 Å². The molecule has 0 atom stereocenters. The smallest absolute Gasteiger partial charge is 0.0776 e. The molecule has 1 saturated carbocycles. The summed E-state index contributed by atoms with van der Waals surface area (Å²) in [5, 5.41) is 0. The first-order chi connectivity index (χ1) is 6.69. The molecule has 1 aromatic rings. The molecule has 1 aliphatic rings. The summed E-state index contributed by atoms with van der Waals surface area (Å²) in [5.41, 5.74) is 4.40. The molecule has 0 bridgehead atoms. The van der Waals surface area contributed by atoms with Gasteiger partial charge in [0.2, 0.25) is 0 Å². The predicted octanol–water partition coefficient (Wildman–Crippen LogP) is 2.23. The molecular formula is C12H17NO. The van der Waals surface area contributed by atoms with E-state index in [2.05, 4.69) is 32.0 Å². The maximum absolute atomic E-state index is 5.19. The van der Waals surface area contributed by atoms with Gasteiger partial charge in [0.25, 0.3) is 0 Å². The number of aryl methyl sites for hydroxylation is 2. The van der Waals surface area contributed by atoms with Gasteiger partial charge in [-0.2, -0.15) is 0 Å². The SMILES string of the molecule is Cc1cccc(C)c1C1(CON)CC1. The van der Waals surface area contributed by atoms with E-state index in [1.165, 1.54) is 29.5 Å². The van der Waals surface area contributed by atoms with Crippen LogP contribution in [0.3, 0.4) is 0 Å². The van der Waals surface area contributed by atoms with Gasteiger partial charge >= 0.3 is 0 Å². The van der Waals surface area contributed by atoms with Gasteiger partial charge in [0.1, 0.15) is 0 Å². The van der Waals surface area contributed by atoms with Crippen LogP contribution in [0.5, 0.6) is 0 Å². The maximum atomic E-state index is 5.19. The highest BCUT2D eigenvalue weighted by Gasteiger charge is 2.46. The Kier molecular flexibility index (Phi) is 2.33. The topological polar surface area (TPSA) is 35.2 Å². The van der Waals surface area contributed by atoms with Crippen LogP contribution in [0.2, 0.25) is 0 Å². The van der Waals surface area contributed by atoms with E-state index in [0.717, 1.165) is 0 Å². The lowest BCUT2D eigenvalue weighted by atomic mass is 9.89. The molecule has 0 radical (unpaired) electrons. The standard InChI is InChI=1S/C12H17NO/c1-9-4-3-5-10(2)11(9)12(6-7-12)8-14-13/h3-5H,6-8,13H2,1-2H3. The van der Waals surface area contributed by atoms with Gasteiger partial charge in [-0.05, 0) is 43.4 Å². The number of rotatable bonds is 3. The molecule has 2 heteroatoms. The molecule has 1 aromatic carbocycles. The van der Waals surface area contributed by atoms with Gasteiger partial charge in [0, 0.05) is 5.41 Å². The summed E-state index contributed by atoms with van der Waals surface area (Å²) in [5.74, 6) is 5.19. The van der Waals surface area contributed by atoms with Crippen LogP contribution in [0.4, 0.5) is 0 Å². The largest absolute Gasteiger partial charge is 0.304 e. The average Bonchev–Trinajstić information content (AvgIpc) is 2.86. The van der Waals surface area contributed by atoms with Crippen molar-refractivity contribution < 1.29 is 4.84 Å². The molecule has 0 heterocycles. The molecule has 2 rings (SSSR count). The fourth-order valence-electron chi connectivity index (χ4n) is 2.43. The predicted molar refractivity (Wildman–Crippen MR) is 57.0 cm³/mol. The minimum Gasteiger partial charge on any atom is -0.304 e. The van der Waals surface area contributed by atoms with Gasteiger partial charge in [0.05, 0.1) is 6.61 Å². The highest BCUT2D eigenvalue weighted by atomic mass is 16.6. The molecule has 1 aliphatic carbocycles. The fraction of sp³-hybridized carbons (Fsp3) is 0.500. The number of hydrogen-bond acceptors (Lipinski definition) is 2. The number of benzene rings is 1. The van der Waals surface area contributed by atoms with Crippen molar-refractivity contribution in [2.24, 2.45) is 5.90 Å². The fourth-order valence-corrected chi connectivity index (χ4v) is 2.43. The Balaban J connectivity index is 2.40. The van der Waals surface area contributed by atoms with Crippen molar-refractivity contribution in [3.8, 4) is 0 Å². The zero-order chi connectivity index (χ0) is 10.2. The second kappa shape index (κ2) is 3.37. The van der Waals surface area contributed by atoms with Crippen molar-refractivity contribution >= 4 is 0 Å². The van der Waals surface area contributed by atoms with Gasteiger partial charge in [-0.25, -0.2) is 5.90 Å². The number of hydrogen-bond donors (Lipinski definition) is 1. The zero-order valence-electron chi connectivity index (χ0n) is 8.84. The highest BCUT2D eigenvalue weighted by molar-refractivity contribution is 5.43. The van der Waals surface area contributed by atoms with E-state index in [1.807, 2.05) is 0 Å². The molecule has 0 unspecified atom stereocenters. The van der Waals surface area contributed by atoms with E-state index < -0.39 is 0 Å². The van der Waals surface area contributed by atoms with Crippen LogP contribution in [-0.2, 0) is 10.3 Å². The molecule has 76 valence electrons. The summed E-state index contributed by atoms with van der Waals surface area (Å²) in [6, 6.07) is 6.44. The Morgan fingerprint density at radius 2 is 1.86 bits per heavy atom. The Bertz CT molecular complexity index is 322. The summed E-state index contributed by atoms with van der Waals surface area (Å²) >= 11 is 0. The third-order valence-electron chi connectivity index (χ3n) is 3.22. The molecule has 14 heavy (non-hydrogen) atoms. The summed E-state index contributed by atoms with van der Waals surface area (Å²) in [6.07, 6.45) is 2.41. The number of nitrogens with two attached hydrogens (primary N) is 1. The molecule has 2 N–H and O–H groups in total. The Morgan fingerprint density at radius 1 is 1.29 bits per heavy atom. The van der Waals surface area contributed by atoms with E-state index in [4.69, 9.17) is 10.7 Å². The summed E-state index contributed by atoms with van der Waals surface area (Å²) < 4.78 is 0. The molecule has 2 nitrogen and oxygen atoms in total. The first-order valence-electron chi connectivity index (χ1n) is 5.08. The molecule has 0 saturated heterocycles. The molecule has 0 aliphatic heterocycles. The van der Waals surface area contributed by atoms with Crippen molar-refractivity contribution in [1.29, 1.82) is 0 Å². The van der Waals surface area contributed by atoms with Crippen molar-refractivity contribution in [3.05, 3.63) is 34.9 Å². The molecule has 0 amide bonds. The lowest BCUT2D eigenvalue weighted by molar-refractivity contribution is 0.115. The molecule has 0 spiro atoms. The van der Waals surface area contributed by atoms with E-state index in [0.29, 0.717) is 6.61 Å². The Morgan fingerprint density at radius 3 is 2.29 bits per heavy atom. The van der Waals surface area contributed by atoms with Crippen LogP contribution in [0.1, 0.15) is 29.5 Å². The Hall–Kier alpha value is -0.860. The lowest BCUT2D eigenvalue weighted by Crippen LogP contribution is -2.20. The van der Waals surface area contributed by atoms with Gasteiger partial charge in [-0.3, -0.25) is 0 Å². The summed E-state index contributed by atoms with van der Waals surface area (Å²) in [7, 11) is 0. The van der Waals surface area contributed by atoms with Gasteiger partial charge in [0.15, 0.2) is 0 Å². The third-order valence-corrected chi connectivity index (χ3v) is 3.22. The monoisotopic (exact) mass is 191 g/mol. The minimum absolute atomic E-state index is 0.226. The highest BCUT2D eigenvalue weighted by Crippen LogP contribution is 2.50. The second-order valence-corrected chi connectivity index (χ2v) is 4.36. The van der Waals surface area contributed by atoms with Crippen LogP contribution >= 0.6 is 0 Å². The van der Waals surface area contributed by atoms with Crippen LogP contribution in [0.25, 0.3) is 0 Å². The van der Waals surface area contributed by atoms with Crippen molar-refractivity contribution in [2.45, 2.75) is 32.1 Å². The average molecular weight is 191 g/mol. The van der Waals surface area contributed by atoms with Gasteiger partial charge in [-0.15, -0.1) is 0 Å². The quantitative estimate of drug-likeness (QED) is 0.743. The Labute approximate surface area is 85.0 Å². The zero-order valence-corrected chi connectivity index (χ0v) is 8.84. The minimum atomic E-state index is 0.226. The van der Waals surface area contributed by atoms with E-state index in [1.54, 1.807) is 0 Å². The normalized spacial score (nSPS) is 18.2. The van der Waals surface area contributed by atoms with Crippen LogP contribution in [0, 0.1) is 13.8 Å². The molecular weight excluding hydrogens is 174 g/mol. The third kappa shape index (κ3) is 1.45. The van der Waals surface area contributed by atoms with Crippen molar-refractivity contribution in [1.82, 2.24) is 0 Å². The first kappa shape index (κ1) is 9.69. The van der Waals surface area contributed by atoms with Gasteiger partial charge < -0.3 is 4.84 Å².